The van der Waals surface area contributed by atoms with E-state index in [1.54, 1.807) is 0 Å². The van der Waals surface area contributed by atoms with Gasteiger partial charge in [-0.2, -0.15) is 0 Å². The molecule has 1 N–H and O–H groups in total. The molecule has 34 heavy (non-hydrogen) atoms. The van der Waals surface area contributed by atoms with Gasteiger partial charge >= 0.3 is 0 Å². The molecule has 0 aromatic heterocycles. The van der Waals surface area contributed by atoms with E-state index in [0.29, 0.717) is 13.2 Å². The van der Waals surface area contributed by atoms with Crippen molar-refractivity contribution in [3.63, 3.8) is 0 Å². The fourth-order valence-corrected chi connectivity index (χ4v) is 9.57. The molecule has 1 saturated heterocycles. The minimum Gasteiger partial charge on any atom is -0.405 e. The first-order valence-electron chi connectivity index (χ1n) is 12.1. The average molecular weight is 477 g/mol. The summed E-state index contributed by atoms with van der Waals surface area (Å²) in [6, 6.07) is 31.2. The highest BCUT2D eigenvalue weighted by Crippen LogP contribution is 2.37. The standard InChI is InChI=1S/C29H36O4Si/c1-22-27(30)28(31-20-23-14-8-5-9-15-23)26(33-22)21-32-34(29(2,3)4,24-16-10-6-11-17-24)25-18-12-7-13-19-25/h5-19,22,26-28,30H,20-21H2,1-4H3/t22-,26+,27-,28+/m0/s1. The molecule has 0 radical (unpaired) electrons. The summed E-state index contributed by atoms with van der Waals surface area (Å²) in [6.07, 6.45) is -1.81. The van der Waals surface area contributed by atoms with Gasteiger partial charge in [-0.3, -0.25) is 0 Å². The van der Waals surface area contributed by atoms with E-state index < -0.39 is 20.5 Å². The van der Waals surface area contributed by atoms with Crippen LogP contribution < -0.4 is 10.4 Å². The lowest BCUT2D eigenvalue weighted by atomic mass is 10.1. The third kappa shape index (κ3) is 5.04. The Labute approximate surface area is 204 Å². The number of rotatable bonds is 8. The average Bonchev–Trinajstić information content (AvgIpc) is 3.12. The van der Waals surface area contributed by atoms with Crippen molar-refractivity contribution in [3.8, 4) is 0 Å². The lowest BCUT2D eigenvalue weighted by Crippen LogP contribution is -2.67. The van der Waals surface area contributed by atoms with E-state index in [1.165, 1.54) is 10.4 Å². The first-order chi connectivity index (χ1) is 16.3. The van der Waals surface area contributed by atoms with E-state index in [2.05, 4.69) is 69.3 Å². The third-order valence-corrected chi connectivity index (χ3v) is 11.7. The molecule has 1 aliphatic rings. The normalized spacial score (nSPS) is 23.2. The summed E-state index contributed by atoms with van der Waals surface area (Å²) in [5.74, 6) is 0. The summed E-state index contributed by atoms with van der Waals surface area (Å²) >= 11 is 0. The number of benzene rings is 3. The van der Waals surface area contributed by atoms with Crippen molar-refractivity contribution in [2.75, 3.05) is 6.61 Å². The van der Waals surface area contributed by atoms with Crippen molar-refractivity contribution in [2.24, 2.45) is 0 Å². The second-order valence-corrected chi connectivity index (χ2v) is 14.4. The number of ether oxygens (including phenoxy) is 2. The van der Waals surface area contributed by atoms with Gasteiger partial charge in [-0.1, -0.05) is 112 Å². The molecule has 4 atom stereocenters. The minimum atomic E-state index is -2.69. The van der Waals surface area contributed by atoms with Crippen molar-refractivity contribution >= 4 is 18.7 Å². The van der Waals surface area contributed by atoms with E-state index in [0.717, 1.165) is 5.56 Å². The van der Waals surface area contributed by atoms with Crippen molar-refractivity contribution in [3.05, 3.63) is 96.6 Å². The maximum Gasteiger partial charge on any atom is 0.261 e. The van der Waals surface area contributed by atoms with Crippen LogP contribution in [0.5, 0.6) is 0 Å². The highest BCUT2D eigenvalue weighted by Gasteiger charge is 2.52. The summed E-state index contributed by atoms with van der Waals surface area (Å²) < 4.78 is 19.4. The molecule has 3 aromatic carbocycles. The minimum absolute atomic E-state index is 0.126. The van der Waals surface area contributed by atoms with E-state index >= 15 is 0 Å². The quantitative estimate of drug-likeness (QED) is 0.493. The van der Waals surface area contributed by atoms with E-state index in [-0.39, 0.29) is 17.2 Å². The van der Waals surface area contributed by atoms with Gasteiger partial charge in [0.2, 0.25) is 0 Å². The predicted octanol–water partition coefficient (Wildman–Crippen LogP) is 4.30. The lowest BCUT2D eigenvalue weighted by Gasteiger charge is -2.43. The van der Waals surface area contributed by atoms with Crippen molar-refractivity contribution in [1.29, 1.82) is 0 Å². The maximum absolute atomic E-state index is 10.8. The molecule has 0 unspecified atom stereocenters. The summed E-state index contributed by atoms with van der Waals surface area (Å²) in [6.45, 7) is 9.45. The lowest BCUT2D eigenvalue weighted by molar-refractivity contribution is -0.0589. The molecule has 3 aromatic rings. The molecular weight excluding hydrogens is 440 g/mol. The van der Waals surface area contributed by atoms with Crippen LogP contribution in [0, 0.1) is 0 Å². The van der Waals surface area contributed by atoms with Gasteiger partial charge in [0.05, 0.1) is 19.3 Å². The van der Waals surface area contributed by atoms with Gasteiger partial charge in [0, 0.05) is 0 Å². The summed E-state index contributed by atoms with van der Waals surface area (Å²) in [7, 11) is -2.69. The van der Waals surface area contributed by atoms with Crippen LogP contribution >= 0.6 is 0 Å². The number of hydrogen-bond donors (Lipinski definition) is 1. The first kappa shape index (κ1) is 24.8. The topological polar surface area (TPSA) is 47.9 Å². The maximum atomic E-state index is 10.8. The molecular formula is C29H36O4Si. The van der Waals surface area contributed by atoms with Crippen molar-refractivity contribution in [2.45, 2.75) is 63.8 Å². The fraction of sp³-hybridized carbons (Fsp3) is 0.379. The Balaban J connectivity index is 1.62. The smallest absolute Gasteiger partial charge is 0.261 e. The monoisotopic (exact) mass is 476 g/mol. The highest BCUT2D eigenvalue weighted by molar-refractivity contribution is 6.99. The summed E-state index contributed by atoms with van der Waals surface area (Å²) in [5.41, 5.74) is 1.07. The number of aliphatic hydroxyl groups is 1. The number of hydrogen-bond acceptors (Lipinski definition) is 4. The van der Waals surface area contributed by atoms with Gasteiger partial charge in [-0.15, -0.1) is 0 Å². The zero-order valence-corrected chi connectivity index (χ0v) is 21.6. The molecule has 4 nitrogen and oxygen atoms in total. The Morgan fingerprint density at radius 2 is 1.32 bits per heavy atom. The van der Waals surface area contributed by atoms with Crippen LogP contribution in [-0.2, 0) is 20.5 Å². The van der Waals surface area contributed by atoms with E-state index in [9.17, 15) is 5.11 Å². The van der Waals surface area contributed by atoms with Gasteiger partial charge in [0.1, 0.15) is 18.3 Å². The van der Waals surface area contributed by atoms with Gasteiger partial charge in [0.25, 0.3) is 8.32 Å². The van der Waals surface area contributed by atoms with Crippen molar-refractivity contribution < 1.29 is 19.0 Å². The second-order valence-electron chi connectivity index (χ2n) is 10.1. The molecule has 180 valence electrons. The van der Waals surface area contributed by atoms with Gasteiger partial charge in [-0.05, 0) is 27.9 Å². The van der Waals surface area contributed by atoms with Crippen LogP contribution in [0.15, 0.2) is 91.0 Å². The molecule has 1 heterocycles. The highest BCUT2D eigenvalue weighted by atomic mass is 28.4. The Morgan fingerprint density at radius 3 is 1.82 bits per heavy atom. The zero-order chi connectivity index (χ0) is 24.2. The molecule has 1 fully saturated rings. The van der Waals surface area contributed by atoms with E-state index in [1.807, 2.05) is 49.4 Å². The second kappa shape index (κ2) is 10.5. The van der Waals surface area contributed by atoms with Crippen LogP contribution in [0.1, 0.15) is 33.3 Å². The Hall–Kier alpha value is -2.28. The SMILES string of the molecule is C[C@@H]1O[C@H](CO[Si](c2ccccc2)(c2ccccc2)C(C)(C)C)[C@@H](OCc2ccccc2)[C@H]1O. The van der Waals surface area contributed by atoms with E-state index in [4.69, 9.17) is 13.9 Å². The summed E-state index contributed by atoms with van der Waals surface area (Å²) in [5, 5.41) is 13.2. The van der Waals surface area contributed by atoms with Crippen LogP contribution in [0.2, 0.25) is 5.04 Å². The fourth-order valence-electron chi connectivity index (χ4n) is 5.00. The molecule has 0 bridgehead atoms. The molecule has 1 aliphatic heterocycles. The Bertz CT molecular complexity index is 981. The van der Waals surface area contributed by atoms with Crippen LogP contribution in [0.3, 0.4) is 0 Å². The van der Waals surface area contributed by atoms with Crippen LogP contribution in [0.4, 0.5) is 0 Å². The number of aliphatic hydroxyl groups excluding tert-OH is 1. The van der Waals surface area contributed by atoms with Crippen LogP contribution in [0.25, 0.3) is 0 Å². The Morgan fingerprint density at radius 1 is 0.824 bits per heavy atom. The largest absolute Gasteiger partial charge is 0.405 e. The van der Waals surface area contributed by atoms with Gasteiger partial charge in [-0.25, -0.2) is 0 Å². The third-order valence-electron chi connectivity index (χ3n) is 6.74. The zero-order valence-electron chi connectivity index (χ0n) is 20.6. The Kier molecular flexibility index (Phi) is 7.70. The molecule has 0 amide bonds. The first-order valence-corrected chi connectivity index (χ1v) is 14.0. The van der Waals surface area contributed by atoms with Gasteiger partial charge < -0.3 is 19.0 Å². The van der Waals surface area contributed by atoms with Crippen LogP contribution in [-0.4, -0.2) is 44.4 Å². The van der Waals surface area contributed by atoms with Crippen molar-refractivity contribution in [1.82, 2.24) is 0 Å². The molecule has 4 rings (SSSR count). The molecule has 0 aliphatic carbocycles. The van der Waals surface area contributed by atoms with Gasteiger partial charge in [0.15, 0.2) is 0 Å². The molecule has 5 heteroatoms. The summed E-state index contributed by atoms with van der Waals surface area (Å²) in [4.78, 5) is 0. The predicted molar refractivity (Wildman–Crippen MR) is 139 cm³/mol. The molecule has 0 saturated carbocycles. The molecule has 0 spiro atoms.